The van der Waals surface area contributed by atoms with Gasteiger partial charge in [0.15, 0.2) is 5.69 Å². The highest BCUT2D eigenvalue weighted by Crippen LogP contribution is 2.33. The number of anilines is 3. The Bertz CT molecular complexity index is 864. The highest BCUT2D eigenvalue weighted by Gasteiger charge is 2.23. The number of carbonyl (C=O) groups excluding carboxylic acids is 1. The van der Waals surface area contributed by atoms with Crippen LogP contribution in [0.3, 0.4) is 0 Å². The van der Waals surface area contributed by atoms with Crippen molar-refractivity contribution >= 4 is 23.0 Å². The van der Waals surface area contributed by atoms with Crippen LogP contribution < -0.4 is 21.7 Å². The second-order valence-corrected chi connectivity index (χ2v) is 8.20. The number of hydrogen-bond acceptors (Lipinski definition) is 6. The zero-order valence-corrected chi connectivity index (χ0v) is 16.8. The third kappa shape index (κ3) is 4.50. The summed E-state index contributed by atoms with van der Waals surface area (Å²) in [4.78, 5) is 24.1. The molecule has 29 heavy (non-hydrogen) atoms. The molecule has 3 heterocycles. The van der Waals surface area contributed by atoms with Crippen molar-refractivity contribution in [2.45, 2.75) is 56.9 Å². The summed E-state index contributed by atoms with van der Waals surface area (Å²) in [5.41, 5.74) is 15.5. The van der Waals surface area contributed by atoms with Gasteiger partial charge in [0.2, 0.25) is 0 Å². The monoisotopic (exact) mass is 394 g/mol. The van der Waals surface area contributed by atoms with Crippen molar-refractivity contribution in [3.05, 3.63) is 42.0 Å². The number of piperidine rings is 1. The molecule has 0 bridgehead atoms. The van der Waals surface area contributed by atoms with Crippen LogP contribution in [0.2, 0.25) is 0 Å². The molecule has 5 N–H and O–H groups in total. The fourth-order valence-corrected chi connectivity index (χ4v) is 4.46. The van der Waals surface area contributed by atoms with Gasteiger partial charge in [-0.1, -0.05) is 19.3 Å². The third-order valence-corrected chi connectivity index (χ3v) is 6.03. The van der Waals surface area contributed by atoms with Crippen molar-refractivity contribution in [2.75, 3.05) is 29.0 Å². The maximum absolute atomic E-state index is 13.0. The molecule has 7 nitrogen and oxygen atoms in total. The molecule has 4 rings (SSSR count). The number of hydrogen-bond donors (Lipinski definition) is 3. The van der Waals surface area contributed by atoms with Gasteiger partial charge in [0, 0.05) is 36.9 Å². The Labute approximate surface area is 171 Å². The number of nitrogen functional groups attached to an aromatic ring is 1. The fraction of sp³-hybridized carbons (Fsp3) is 0.500. The fourth-order valence-electron chi connectivity index (χ4n) is 4.46. The van der Waals surface area contributed by atoms with E-state index in [1.807, 2.05) is 12.1 Å². The molecule has 1 amide bonds. The standard InChI is InChI=1S/C22H30N6O/c23-16-7-4-12-28(14-16)20-10-11-25-13-19(20)27-22(29)21-17(24)8-9-18(26-21)15-5-2-1-3-6-15/h8-11,13,15-16H,1-7,12,14,23-24H2,(H,27,29). The van der Waals surface area contributed by atoms with Gasteiger partial charge in [-0.15, -0.1) is 0 Å². The van der Waals surface area contributed by atoms with Crippen LogP contribution in [-0.2, 0) is 0 Å². The van der Waals surface area contributed by atoms with Gasteiger partial charge in [-0.2, -0.15) is 0 Å². The van der Waals surface area contributed by atoms with Crippen molar-refractivity contribution in [1.29, 1.82) is 0 Å². The average Bonchev–Trinajstić information content (AvgIpc) is 2.75. The molecule has 1 aliphatic heterocycles. The van der Waals surface area contributed by atoms with E-state index in [1.54, 1.807) is 18.5 Å². The molecular weight excluding hydrogens is 364 g/mol. The summed E-state index contributed by atoms with van der Waals surface area (Å²) in [6, 6.07) is 5.83. The summed E-state index contributed by atoms with van der Waals surface area (Å²) < 4.78 is 0. The van der Waals surface area contributed by atoms with Crippen LogP contribution >= 0.6 is 0 Å². The summed E-state index contributed by atoms with van der Waals surface area (Å²) in [6.45, 7) is 1.68. The van der Waals surface area contributed by atoms with Gasteiger partial charge >= 0.3 is 0 Å². The van der Waals surface area contributed by atoms with Crippen LogP contribution in [-0.4, -0.2) is 35.0 Å². The first-order valence-electron chi connectivity index (χ1n) is 10.6. The third-order valence-electron chi connectivity index (χ3n) is 6.03. The summed E-state index contributed by atoms with van der Waals surface area (Å²) >= 11 is 0. The molecule has 1 saturated carbocycles. The first-order chi connectivity index (χ1) is 14.1. The Morgan fingerprint density at radius 2 is 1.93 bits per heavy atom. The first kappa shape index (κ1) is 19.6. The summed E-state index contributed by atoms with van der Waals surface area (Å²) in [5, 5.41) is 2.98. The second kappa shape index (κ2) is 8.78. The van der Waals surface area contributed by atoms with E-state index in [4.69, 9.17) is 11.5 Å². The van der Waals surface area contributed by atoms with E-state index in [9.17, 15) is 4.79 Å². The van der Waals surface area contributed by atoms with E-state index in [-0.39, 0.29) is 11.9 Å². The molecule has 7 heteroatoms. The van der Waals surface area contributed by atoms with Gasteiger partial charge in [0.1, 0.15) is 0 Å². The van der Waals surface area contributed by atoms with Gasteiger partial charge in [-0.05, 0) is 43.9 Å². The molecular formula is C22H30N6O. The van der Waals surface area contributed by atoms with E-state index in [1.165, 1.54) is 19.3 Å². The number of carbonyl (C=O) groups is 1. The molecule has 1 saturated heterocycles. The molecule has 1 unspecified atom stereocenters. The van der Waals surface area contributed by atoms with Crippen molar-refractivity contribution in [3.63, 3.8) is 0 Å². The molecule has 1 atom stereocenters. The summed E-state index contributed by atoms with van der Waals surface area (Å²) in [7, 11) is 0. The minimum atomic E-state index is -0.296. The van der Waals surface area contributed by atoms with Crippen LogP contribution in [0.25, 0.3) is 0 Å². The minimum absolute atomic E-state index is 0.143. The molecule has 2 aromatic rings. The number of nitrogens with two attached hydrogens (primary N) is 2. The molecule has 0 radical (unpaired) electrons. The predicted molar refractivity (Wildman–Crippen MR) is 116 cm³/mol. The topological polar surface area (TPSA) is 110 Å². The normalized spacial score (nSPS) is 20.4. The van der Waals surface area contributed by atoms with Crippen LogP contribution in [0.5, 0.6) is 0 Å². The second-order valence-electron chi connectivity index (χ2n) is 8.20. The van der Waals surface area contributed by atoms with Crippen LogP contribution in [0.4, 0.5) is 17.1 Å². The van der Waals surface area contributed by atoms with Crippen LogP contribution in [0.15, 0.2) is 30.6 Å². The highest BCUT2D eigenvalue weighted by atomic mass is 16.1. The van der Waals surface area contributed by atoms with Crippen molar-refractivity contribution in [1.82, 2.24) is 9.97 Å². The number of amides is 1. The van der Waals surface area contributed by atoms with E-state index in [2.05, 4.69) is 20.2 Å². The SMILES string of the molecule is Nc1ccc(C2CCCCC2)nc1C(=O)Nc1cnccc1N1CCCC(N)C1. The molecule has 0 aromatic carbocycles. The Balaban J connectivity index is 1.55. The van der Waals surface area contributed by atoms with Crippen molar-refractivity contribution in [2.24, 2.45) is 5.73 Å². The number of aromatic nitrogens is 2. The van der Waals surface area contributed by atoms with Crippen LogP contribution in [0.1, 0.15) is 67.0 Å². The lowest BCUT2D eigenvalue weighted by atomic mass is 9.86. The molecule has 154 valence electrons. The predicted octanol–water partition coefficient (Wildman–Crippen LogP) is 3.29. The number of pyridine rings is 2. The molecule has 2 fully saturated rings. The van der Waals surface area contributed by atoms with Gasteiger partial charge < -0.3 is 21.7 Å². The van der Waals surface area contributed by atoms with Gasteiger partial charge in [-0.3, -0.25) is 9.78 Å². The van der Waals surface area contributed by atoms with Gasteiger partial charge in [0.25, 0.3) is 5.91 Å². The van der Waals surface area contributed by atoms with Gasteiger partial charge in [0.05, 0.1) is 23.3 Å². The van der Waals surface area contributed by atoms with Crippen molar-refractivity contribution in [3.8, 4) is 0 Å². The lowest BCUT2D eigenvalue weighted by Crippen LogP contribution is -2.43. The zero-order valence-electron chi connectivity index (χ0n) is 16.8. The maximum atomic E-state index is 13.0. The van der Waals surface area contributed by atoms with E-state index in [0.29, 0.717) is 23.0 Å². The smallest absolute Gasteiger partial charge is 0.276 e. The quantitative estimate of drug-likeness (QED) is 0.734. The lowest BCUT2D eigenvalue weighted by Gasteiger charge is -2.33. The van der Waals surface area contributed by atoms with Gasteiger partial charge in [-0.25, -0.2) is 4.98 Å². The highest BCUT2D eigenvalue weighted by molar-refractivity contribution is 6.07. The number of rotatable bonds is 4. The number of nitrogens with zero attached hydrogens (tertiary/aromatic N) is 3. The zero-order chi connectivity index (χ0) is 20.2. The van der Waals surface area contributed by atoms with E-state index >= 15 is 0 Å². The summed E-state index contributed by atoms with van der Waals surface area (Å²) in [6.07, 6.45) is 11.4. The van der Waals surface area contributed by atoms with E-state index in [0.717, 1.165) is 50.2 Å². The molecule has 2 aliphatic rings. The number of nitrogens with one attached hydrogen (secondary N) is 1. The summed E-state index contributed by atoms with van der Waals surface area (Å²) in [5.74, 6) is 0.121. The van der Waals surface area contributed by atoms with E-state index < -0.39 is 0 Å². The average molecular weight is 395 g/mol. The Morgan fingerprint density at radius 3 is 2.72 bits per heavy atom. The maximum Gasteiger partial charge on any atom is 0.276 e. The van der Waals surface area contributed by atoms with Crippen LogP contribution in [0, 0.1) is 0 Å². The Kier molecular flexibility index (Phi) is 5.94. The lowest BCUT2D eigenvalue weighted by molar-refractivity contribution is 0.102. The minimum Gasteiger partial charge on any atom is -0.397 e. The molecule has 1 aliphatic carbocycles. The largest absolute Gasteiger partial charge is 0.397 e. The Morgan fingerprint density at radius 1 is 1.10 bits per heavy atom. The molecule has 2 aromatic heterocycles. The van der Waals surface area contributed by atoms with Crippen molar-refractivity contribution < 1.29 is 4.79 Å². The Hall–Kier alpha value is -2.67. The molecule has 0 spiro atoms. The first-order valence-corrected chi connectivity index (χ1v) is 10.6.